The normalized spacial score (nSPS) is 11.1. The molecule has 0 fully saturated rings. The molecule has 6 heteroatoms. The first-order chi connectivity index (χ1) is 10.5. The molecule has 112 valence electrons. The van der Waals surface area contributed by atoms with E-state index in [1.54, 1.807) is 56.8 Å². The monoisotopic (exact) mass is 297 g/mol. The van der Waals surface area contributed by atoms with E-state index in [2.05, 4.69) is 4.98 Å². The highest BCUT2D eigenvalue weighted by atomic mass is 16.6. The lowest BCUT2D eigenvalue weighted by Crippen LogP contribution is -2.22. The van der Waals surface area contributed by atoms with Crippen LogP contribution in [-0.2, 0) is 4.79 Å². The van der Waals surface area contributed by atoms with E-state index in [1.165, 1.54) is 17.0 Å². The Bertz CT molecular complexity index is 724. The highest BCUT2D eigenvalue weighted by Crippen LogP contribution is 2.22. The Hall–Kier alpha value is -3.02. The maximum atomic E-state index is 12.4. The molecule has 0 aliphatic heterocycles. The fourth-order valence-corrected chi connectivity index (χ4v) is 1.94. The molecule has 22 heavy (non-hydrogen) atoms. The van der Waals surface area contributed by atoms with E-state index in [-0.39, 0.29) is 11.6 Å². The zero-order valence-electron chi connectivity index (χ0n) is 12.3. The van der Waals surface area contributed by atoms with Gasteiger partial charge in [0.15, 0.2) is 0 Å². The van der Waals surface area contributed by atoms with Gasteiger partial charge in [-0.05, 0) is 29.3 Å². The molecule has 0 atom stereocenters. The molecule has 1 heterocycles. The Morgan fingerprint density at radius 2 is 1.91 bits per heavy atom. The second-order valence-electron chi connectivity index (χ2n) is 4.85. The quantitative estimate of drug-likeness (QED) is 0.494. The van der Waals surface area contributed by atoms with Gasteiger partial charge in [0.25, 0.3) is 11.6 Å². The minimum atomic E-state index is -0.461. The third-order valence-electron chi connectivity index (χ3n) is 3.02. The summed E-state index contributed by atoms with van der Waals surface area (Å²) in [6, 6.07) is 9.61. The van der Waals surface area contributed by atoms with Gasteiger partial charge >= 0.3 is 0 Å². The summed E-state index contributed by atoms with van der Waals surface area (Å²) < 4.78 is 0. The highest BCUT2D eigenvalue weighted by molar-refractivity contribution is 6.24. The number of nitro groups is 1. The molecule has 2 aromatic rings. The van der Waals surface area contributed by atoms with Crippen LogP contribution < -0.4 is 0 Å². The first-order valence-electron chi connectivity index (χ1n) is 6.57. The van der Waals surface area contributed by atoms with Crippen LogP contribution in [0.4, 0.5) is 5.69 Å². The fraction of sp³-hybridized carbons (Fsp3) is 0.125. The number of non-ortho nitro benzene ring substituents is 1. The van der Waals surface area contributed by atoms with E-state index in [4.69, 9.17) is 0 Å². The number of nitro benzene ring substituents is 1. The summed E-state index contributed by atoms with van der Waals surface area (Å²) in [4.78, 5) is 28.2. The Labute approximate surface area is 127 Å². The maximum Gasteiger partial charge on any atom is 0.270 e. The minimum absolute atomic E-state index is 0.0138. The van der Waals surface area contributed by atoms with Gasteiger partial charge in [-0.3, -0.25) is 19.9 Å². The van der Waals surface area contributed by atoms with Crippen LogP contribution >= 0.6 is 0 Å². The summed E-state index contributed by atoms with van der Waals surface area (Å²) in [7, 11) is 3.32. The predicted molar refractivity (Wildman–Crippen MR) is 83.9 cm³/mol. The largest absolute Gasteiger partial charge is 0.345 e. The molecule has 0 aliphatic carbocycles. The third kappa shape index (κ3) is 3.54. The van der Waals surface area contributed by atoms with E-state index in [0.717, 1.165) is 0 Å². The van der Waals surface area contributed by atoms with Gasteiger partial charge in [0.1, 0.15) is 0 Å². The van der Waals surface area contributed by atoms with Crippen LogP contribution in [0.2, 0.25) is 0 Å². The number of likely N-dealkylation sites (N-methyl/N-ethyl adjacent to an activating group) is 1. The van der Waals surface area contributed by atoms with Gasteiger partial charge in [0, 0.05) is 44.2 Å². The minimum Gasteiger partial charge on any atom is -0.345 e. The van der Waals surface area contributed by atoms with Gasteiger partial charge in [-0.2, -0.15) is 0 Å². The van der Waals surface area contributed by atoms with Gasteiger partial charge in [-0.1, -0.05) is 12.1 Å². The van der Waals surface area contributed by atoms with E-state index in [0.29, 0.717) is 16.7 Å². The average Bonchev–Trinajstić information content (AvgIpc) is 2.53. The van der Waals surface area contributed by atoms with Crippen LogP contribution in [0.3, 0.4) is 0 Å². The van der Waals surface area contributed by atoms with Gasteiger partial charge in [-0.25, -0.2) is 0 Å². The standard InChI is InChI=1S/C16H15N3O3/c1-18(2)16(20)15(13-6-8-17-9-7-13)11-12-4-3-5-14(10-12)19(21)22/h3-11H,1-2H3. The molecule has 0 spiro atoms. The molecule has 0 saturated heterocycles. The molecule has 1 aromatic carbocycles. The molecule has 6 nitrogen and oxygen atoms in total. The summed E-state index contributed by atoms with van der Waals surface area (Å²) >= 11 is 0. The number of rotatable bonds is 4. The van der Waals surface area contributed by atoms with Crippen molar-refractivity contribution in [3.8, 4) is 0 Å². The third-order valence-corrected chi connectivity index (χ3v) is 3.02. The molecule has 0 bridgehead atoms. The molecule has 0 radical (unpaired) electrons. The van der Waals surface area contributed by atoms with Crippen LogP contribution in [0.1, 0.15) is 11.1 Å². The second kappa shape index (κ2) is 6.62. The van der Waals surface area contributed by atoms with Crippen LogP contribution in [0, 0.1) is 10.1 Å². The van der Waals surface area contributed by atoms with Crippen LogP contribution in [0.15, 0.2) is 48.8 Å². The number of amides is 1. The topological polar surface area (TPSA) is 76.3 Å². The first-order valence-corrected chi connectivity index (χ1v) is 6.57. The summed E-state index contributed by atoms with van der Waals surface area (Å²) in [6.45, 7) is 0. The SMILES string of the molecule is CN(C)C(=O)C(=Cc1cccc([N+](=O)[O-])c1)c1ccncc1. The molecule has 2 rings (SSSR count). The van der Waals surface area contributed by atoms with E-state index in [1.807, 2.05) is 0 Å². The van der Waals surface area contributed by atoms with E-state index >= 15 is 0 Å². The lowest BCUT2D eigenvalue weighted by molar-refractivity contribution is -0.384. The number of carbonyl (C=O) groups is 1. The summed E-state index contributed by atoms with van der Waals surface area (Å²) in [5.41, 5.74) is 1.74. The second-order valence-corrected chi connectivity index (χ2v) is 4.85. The Morgan fingerprint density at radius 1 is 1.23 bits per heavy atom. The van der Waals surface area contributed by atoms with Gasteiger partial charge in [0.05, 0.1) is 4.92 Å². The van der Waals surface area contributed by atoms with Crippen molar-refractivity contribution in [3.05, 3.63) is 70.0 Å². The number of aromatic nitrogens is 1. The van der Waals surface area contributed by atoms with E-state index in [9.17, 15) is 14.9 Å². The molecule has 0 unspecified atom stereocenters. The highest BCUT2D eigenvalue weighted by Gasteiger charge is 2.14. The van der Waals surface area contributed by atoms with Crippen LogP contribution in [-0.4, -0.2) is 34.8 Å². The van der Waals surface area contributed by atoms with Gasteiger partial charge < -0.3 is 4.90 Å². The Balaban J connectivity index is 2.51. The molecule has 1 amide bonds. The lowest BCUT2D eigenvalue weighted by Gasteiger charge is -2.14. The lowest BCUT2D eigenvalue weighted by atomic mass is 10.0. The Kier molecular flexibility index (Phi) is 4.63. The fourth-order valence-electron chi connectivity index (χ4n) is 1.94. The smallest absolute Gasteiger partial charge is 0.270 e. The van der Waals surface area contributed by atoms with Gasteiger partial charge in [0.2, 0.25) is 0 Å². The van der Waals surface area contributed by atoms with Gasteiger partial charge in [-0.15, -0.1) is 0 Å². The summed E-state index contributed by atoms with van der Waals surface area (Å²) in [5.74, 6) is -0.183. The van der Waals surface area contributed by atoms with E-state index < -0.39 is 4.92 Å². The number of benzene rings is 1. The van der Waals surface area contributed by atoms with Crippen molar-refractivity contribution in [2.24, 2.45) is 0 Å². The molecule has 0 aliphatic rings. The van der Waals surface area contributed by atoms with Crippen molar-refractivity contribution in [3.63, 3.8) is 0 Å². The first kappa shape index (κ1) is 15.4. The maximum absolute atomic E-state index is 12.4. The number of hydrogen-bond acceptors (Lipinski definition) is 4. The number of pyridine rings is 1. The van der Waals surface area contributed by atoms with Crippen molar-refractivity contribution >= 4 is 23.2 Å². The number of nitrogens with zero attached hydrogens (tertiary/aromatic N) is 3. The number of hydrogen-bond donors (Lipinski definition) is 0. The van der Waals surface area contributed by atoms with Crippen molar-refractivity contribution in [1.82, 2.24) is 9.88 Å². The van der Waals surface area contributed by atoms with Crippen molar-refractivity contribution in [2.45, 2.75) is 0 Å². The van der Waals surface area contributed by atoms with Crippen LogP contribution in [0.25, 0.3) is 11.6 Å². The molecular formula is C16H15N3O3. The predicted octanol–water partition coefficient (Wildman–Crippen LogP) is 2.62. The zero-order chi connectivity index (χ0) is 16.1. The summed E-state index contributed by atoms with van der Waals surface area (Å²) in [6.07, 6.45) is 4.84. The van der Waals surface area contributed by atoms with Crippen molar-refractivity contribution in [2.75, 3.05) is 14.1 Å². The average molecular weight is 297 g/mol. The molecular weight excluding hydrogens is 282 g/mol. The molecule has 1 aromatic heterocycles. The summed E-state index contributed by atoms with van der Waals surface area (Å²) in [5, 5.41) is 10.9. The molecule has 0 N–H and O–H groups in total. The van der Waals surface area contributed by atoms with Crippen molar-refractivity contribution in [1.29, 1.82) is 0 Å². The zero-order valence-corrected chi connectivity index (χ0v) is 12.3. The Morgan fingerprint density at radius 3 is 2.50 bits per heavy atom. The van der Waals surface area contributed by atoms with Crippen LogP contribution in [0.5, 0.6) is 0 Å². The molecule has 0 saturated carbocycles. The van der Waals surface area contributed by atoms with Crippen molar-refractivity contribution < 1.29 is 9.72 Å². The number of carbonyl (C=O) groups excluding carboxylic acids is 1.